The van der Waals surface area contributed by atoms with Crippen LogP contribution in [0.15, 0.2) is 34.9 Å². The monoisotopic (exact) mass is 334 g/mol. The van der Waals surface area contributed by atoms with Crippen LogP contribution < -0.4 is 0 Å². The number of halogens is 1. The topological polar surface area (TPSA) is 83.6 Å². The molecular formula is C16H15ClN2O4. The summed E-state index contributed by atoms with van der Waals surface area (Å²) in [5.74, 6) is -0.833. The van der Waals surface area contributed by atoms with Gasteiger partial charge in [0.05, 0.1) is 10.4 Å². The second-order valence-electron chi connectivity index (χ2n) is 5.90. The number of likely N-dealkylation sites (tertiary alicyclic amines) is 1. The minimum absolute atomic E-state index is 0.148. The summed E-state index contributed by atoms with van der Waals surface area (Å²) in [6.07, 6.45) is 0.420. The van der Waals surface area contributed by atoms with Crippen LogP contribution in [0, 0.1) is 5.41 Å². The summed E-state index contributed by atoms with van der Waals surface area (Å²) in [4.78, 5) is 25.2. The Balaban J connectivity index is 1.80. The molecule has 0 saturated carbocycles. The molecule has 1 aliphatic rings. The van der Waals surface area contributed by atoms with Crippen LogP contribution in [-0.4, -0.2) is 40.1 Å². The van der Waals surface area contributed by atoms with Crippen molar-refractivity contribution in [3.63, 3.8) is 0 Å². The number of hydrogen-bond acceptors (Lipinski definition) is 4. The molecule has 23 heavy (non-hydrogen) atoms. The Bertz CT molecular complexity index is 773. The van der Waals surface area contributed by atoms with Crippen molar-refractivity contribution < 1.29 is 19.2 Å². The van der Waals surface area contributed by atoms with E-state index in [1.54, 1.807) is 25.1 Å². The Morgan fingerprint density at radius 3 is 2.78 bits per heavy atom. The second kappa shape index (κ2) is 5.70. The van der Waals surface area contributed by atoms with E-state index in [1.807, 2.05) is 6.07 Å². The number of hydrogen-bond donors (Lipinski definition) is 1. The number of nitrogens with zero attached hydrogens (tertiary/aromatic N) is 2. The number of carbonyl (C=O) groups is 2. The van der Waals surface area contributed by atoms with Crippen molar-refractivity contribution in [3.05, 3.63) is 41.0 Å². The van der Waals surface area contributed by atoms with Gasteiger partial charge in [-0.05, 0) is 25.5 Å². The van der Waals surface area contributed by atoms with E-state index in [1.165, 1.54) is 11.0 Å². The van der Waals surface area contributed by atoms with Gasteiger partial charge >= 0.3 is 5.97 Å². The van der Waals surface area contributed by atoms with Gasteiger partial charge in [-0.15, -0.1) is 0 Å². The fraction of sp³-hybridized carbons (Fsp3) is 0.312. The maximum Gasteiger partial charge on any atom is 0.311 e. The predicted molar refractivity (Wildman–Crippen MR) is 83.2 cm³/mol. The van der Waals surface area contributed by atoms with Gasteiger partial charge in [0.1, 0.15) is 0 Å². The number of amides is 1. The van der Waals surface area contributed by atoms with Gasteiger partial charge < -0.3 is 14.5 Å². The zero-order valence-electron chi connectivity index (χ0n) is 12.5. The quantitative estimate of drug-likeness (QED) is 0.933. The summed E-state index contributed by atoms with van der Waals surface area (Å²) in [5, 5.41) is 13.5. The smallest absolute Gasteiger partial charge is 0.311 e. The van der Waals surface area contributed by atoms with Crippen LogP contribution in [0.4, 0.5) is 0 Å². The van der Waals surface area contributed by atoms with Gasteiger partial charge in [0.25, 0.3) is 5.91 Å². The highest BCUT2D eigenvalue weighted by Gasteiger charge is 2.42. The first-order valence-electron chi connectivity index (χ1n) is 7.15. The van der Waals surface area contributed by atoms with E-state index in [4.69, 9.17) is 16.1 Å². The Morgan fingerprint density at radius 2 is 2.13 bits per heavy atom. The van der Waals surface area contributed by atoms with E-state index >= 15 is 0 Å². The van der Waals surface area contributed by atoms with E-state index in [9.17, 15) is 14.7 Å². The second-order valence-corrected chi connectivity index (χ2v) is 6.31. The fourth-order valence-electron chi connectivity index (χ4n) is 2.63. The SMILES string of the molecule is CC1(C(=O)O)CCN(C(=O)c2cc(-c3ccccc3Cl)on2)C1. The first-order valence-corrected chi connectivity index (χ1v) is 7.53. The van der Waals surface area contributed by atoms with E-state index < -0.39 is 11.4 Å². The number of aromatic nitrogens is 1. The first-order chi connectivity index (χ1) is 10.9. The van der Waals surface area contributed by atoms with E-state index in [0.29, 0.717) is 29.3 Å². The maximum atomic E-state index is 12.5. The van der Waals surface area contributed by atoms with Gasteiger partial charge in [-0.2, -0.15) is 0 Å². The summed E-state index contributed by atoms with van der Waals surface area (Å²) in [7, 11) is 0. The number of benzene rings is 1. The molecule has 1 unspecified atom stereocenters. The third kappa shape index (κ3) is 2.82. The van der Waals surface area contributed by atoms with Crippen molar-refractivity contribution in [1.82, 2.24) is 10.1 Å². The molecular weight excluding hydrogens is 320 g/mol. The normalized spacial score (nSPS) is 20.7. The Hall–Kier alpha value is -2.34. The molecule has 1 aliphatic heterocycles. The Morgan fingerprint density at radius 1 is 1.39 bits per heavy atom. The van der Waals surface area contributed by atoms with Crippen molar-refractivity contribution in [2.75, 3.05) is 13.1 Å². The zero-order valence-corrected chi connectivity index (χ0v) is 13.2. The Kier molecular flexibility index (Phi) is 3.85. The molecule has 2 heterocycles. The van der Waals surface area contributed by atoms with Crippen LogP contribution >= 0.6 is 11.6 Å². The molecule has 3 rings (SSSR count). The molecule has 1 N–H and O–H groups in total. The largest absolute Gasteiger partial charge is 0.481 e. The van der Waals surface area contributed by atoms with E-state index in [0.717, 1.165) is 0 Å². The molecule has 1 aromatic carbocycles. The molecule has 2 aromatic rings. The van der Waals surface area contributed by atoms with Crippen molar-refractivity contribution in [2.24, 2.45) is 5.41 Å². The number of carbonyl (C=O) groups excluding carboxylic acids is 1. The number of carboxylic acid groups (broad SMARTS) is 1. The van der Waals surface area contributed by atoms with Crippen LogP contribution in [0.5, 0.6) is 0 Å². The zero-order chi connectivity index (χ0) is 16.6. The lowest BCUT2D eigenvalue weighted by molar-refractivity contribution is -0.147. The molecule has 1 atom stereocenters. The van der Waals surface area contributed by atoms with Crippen LogP contribution in [0.25, 0.3) is 11.3 Å². The lowest BCUT2D eigenvalue weighted by Crippen LogP contribution is -2.35. The lowest BCUT2D eigenvalue weighted by Gasteiger charge is -2.19. The fourth-order valence-corrected chi connectivity index (χ4v) is 2.86. The Labute approximate surface area is 137 Å². The molecule has 1 fully saturated rings. The van der Waals surface area contributed by atoms with E-state index in [-0.39, 0.29) is 18.1 Å². The van der Waals surface area contributed by atoms with Gasteiger partial charge in [0, 0.05) is 24.7 Å². The third-order valence-electron chi connectivity index (χ3n) is 4.15. The average molecular weight is 335 g/mol. The molecule has 6 nitrogen and oxygen atoms in total. The van der Waals surface area contributed by atoms with Crippen LogP contribution in [0.3, 0.4) is 0 Å². The number of aliphatic carboxylic acids is 1. The molecule has 120 valence electrons. The summed E-state index contributed by atoms with van der Waals surface area (Å²) in [5.41, 5.74) is -0.114. The maximum absolute atomic E-state index is 12.5. The molecule has 0 aliphatic carbocycles. The first kappa shape index (κ1) is 15.6. The van der Waals surface area contributed by atoms with Crippen LogP contribution in [0.2, 0.25) is 5.02 Å². The third-order valence-corrected chi connectivity index (χ3v) is 4.48. The number of rotatable bonds is 3. The van der Waals surface area contributed by atoms with Gasteiger partial charge in [-0.25, -0.2) is 0 Å². The minimum atomic E-state index is -0.912. The molecule has 1 aromatic heterocycles. The van der Waals surface area contributed by atoms with Crippen molar-refractivity contribution in [3.8, 4) is 11.3 Å². The molecule has 0 radical (unpaired) electrons. The minimum Gasteiger partial charge on any atom is -0.481 e. The predicted octanol–water partition coefficient (Wildman–Crippen LogP) is 2.93. The summed E-state index contributed by atoms with van der Waals surface area (Å²) in [6.45, 7) is 2.19. The highest BCUT2D eigenvalue weighted by molar-refractivity contribution is 6.33. The standard InChI is InChI=1S/C16H15ClN2O4/c1-16(15(21)22)6-7-19(9-16)14(20)12-8-13(23-18-12)10-4-2-3-5-11(10)17/h2-5,8H,6-7,9H2,1H3,(H,21,22). The summed E-state index contributed by atoms with van der Waals surface area (Å²) in [6, 6.07) is 8.63. The molecule has 1 amide bonds. The number of carboxylic acids is 1. The summed E-state index contributed by atoms with van der Waals surface area (Å²) >= 11 is 6.10. The van der Waals surface area contributed by atoms with Gasteiger partial charge in [-0.3, -0.25) is 9.59 Å². The average Bonchev–Trinajstić information content (AvgIpc) is 3.15. The highest BCUT2D eigenvalue weighted by atomic mass is 35.5. The molecule has 0 bridgehead atoms. The molecule has 1 saturated heterocycles. The molecule has 7 heteroatoms. The van der Waals surface area contributed by atoms with Gasteiger partial charge in [0.15, 0.2) is 11.5 Å². The van der Waals surface area contributed by atoms with Gasteiger partial charge in [0.2, 0.25) is 0 Å². The molecule has 0 spiro atoms. The van der Waals surface area contributed by atoms with Crippen LogP contribution in [0.1, 0.15) is 23.8 Å². The van der Waals surface area contributed by atoms with Gasteiger partial charge in [-0.1, -0.05) is 28.9 Å². The van der Waals surface area contributed by atoms with Crippen LogP contribution in [-0.2, 0) is 4.79 Å². The van der Waals surface area contributed by atoms with Crippen molar-refractivity contribution in [2.45, 2.75) is 13.3 Å². The summed E-state index contributed by atoms with van der Waals surface area (Å²) < 4.78 is 5.21. The van der Waals surface area contributed by atoms with Crippen molar-refractivity contribution >= 4 is 23.5 Å². The highest BCUT2D eigenvalue weighted by Crippen LogP contribution is 2.32. The van der Waals surface area contributed by atoms with Crippen molar-refractivity contribution in [1.29, 1.82) is 0 Å². The lowest BCUT2D eigenvalue weighted by atomic mass is 9.90. The van der Waals surface area contributed by atoms with E-state index in [2.05, 4.69) is 5.16 Å².